The van der Waals surface area contributed by atoms with Crippen LogP contribution in [0.1, 0.15) is 26.5 Å². The summed E-state index contributed by atoms with van der Waals surface area (Å²) in [6, 6.07) is 3.85. The normalized spacial score (nSPS) is 11.1. The molecule has 0 radical (unpaired) electrons. The van der Waals surface area contributed by atoms with Crippen molar-refractivity contribution in [3.63, 3.8) is 0 Å². The lowest BCUT2D eigenvalue weighted by Crippen LogP contribution is -2.18. The Hall–Kier alpha value is -1.88. The first-order chi connectivity index (χ1) is 8.59. The summed E-state index contributed by atoms with van der Waals surface area (Å²) in [4.78, 5) is 13.0. The smallest absolute Gasteiger partial charge is 0.272 e. The zero-order chi connectivity index (χ0) is 13.1. The zero-order valence-corrected chi connectivity index (χ0v) is 11.4. The predicted octanol–water partition coefficient (Wildman–Crippen LogP) is 2.47. The molecule has 1 amide bonds. The van der Waals surface area contributed by atoms with Gasteiger partial charge in [0.2, 0.25) is 0 Å². The van der Waals surface area contributed by atoms with Crippen LogP contribution < -0.4 is 5.43 Å². The molecule has 18 heavy (non-hydrogen) atoms. The molecule has 0 spiro atoms. The second-order valence-electron chi connectivity index (χ2n) is 4.07. The summed E-state index contributed by atoms with van der Waals surface area (Å²) < 4.78 is 1.93. The van der Waals surface area contributed by atoms with E-state index in [0.29, 0.717) is 5.56 Å². The van der Waals surface area contributed by atoms with Gasteiger partial charge in [0.1, 0.15) is 0 Å². The Balaban J connectivity index is 2.03. The molecule has 94 valence electrons. The van der Waals surface area contributed by atoms with E-state index in [0.717, 1.165) is 16.1 Å². The fourth-order valence-corrected chi connectivity index (χ4v) is 2.43. The molecule has 4 nitrogen and oxygen atoms in total. The van der Waals surface area contributed by atoms with Gasteiger partial charge >= 0.3 is 0 Å². The van der Waals surface area contributed by atoms with Gasteiger partial charge < -0.3 is 4.57 Å². The van der Waals surface area contributed by atoms with Gasteiger partial charge in [0.25, 0.3) is 5.91 Å². The number of nitrogens with zero attached hydrogens (tertiary/aromatic N) is 2. The molecule has 2 heterocycles. The minimum absolute atomic E-state index is 0.165. The van der Waals surface area contributed by atoms with Gasteiger partial charge in [-0.25, -0.2) is 5.43 Å². The molecule has 5 heteroatoms. The maximum Gasteiger partial charge on any atom is 0.272 e. The minimum atomic E-state index is -0.165. The average molecular weight is 261 g/mol. The van der Waals surface area contributed by atoms with Crippen LogP contribution in [-0.4, -0.2) is 16.7 Å². The highest BCUT2D eigenvalue weighted by atomic mass is 32.1. The number of nitrogens with one attached hydrogen (secondary N) is 1. The number of hydrazone groups is 1. The van der Waals surface area contributed by atoms with Crippen molar-refractivity contribution >= 4 is 23.5 Å². The van der Waals surface area contributed by atoms with E-state index in [4.69, 9.17) is 0 Å². The van der Waals surface area contributed by atoms with Crippen molar-refractivity contribution in [1.29, 1.82) is 0 Å². The molecule has 0 aliphatic rings. The molecular weight excluding hydrogens is 246 g/mol. The Bertz CT molecular complexity index is 595. The fourth-order valence-electron chi connectivity index (χ4n) is 1.56. The molecular formula is C13H15N3OS. The molecule has 0 saturated carbocycles. The van der Waals surface area contributed by atoms with Crippen molar-refractivity contribution < 1.29 is 4.79 Å². The molecule has 2 aromatic rings. The van der Waals surface area contributed by atoms with E-state index in [1.807, 2.05) is 49.2 Å². The van der Waals surface area contributed by atoms with Crippen LogP contribution in [0, 0.1) is 13.8 Å². The minimum Gasteiger partial charge on any atom is -0.350 e. The first-order valence-electron chi connectivity index (χ1n) is 5.59. The van der Waals surface area contributed by atoms with Gasteiger partial charge in [-0.05, 0) is 31.5 Å². The molecule has 0 aliphatic heterocycles. The second kappa shape index (κ2) is 5.18. The van der Waals surface area contributed by atoms with Crippen LogP contribution in [-0.2, 0) is 7.05 Å². The van der Waals surface area contributed by atoms with E-state index in [-0.39, 0.29) is 5.91 Å². The maximum absolute atomic E-state index is 11.9. The summed E-state index contributed by atoms with van der Waals surface area (Å²) in [5.74, 6) is -0.165. The van der Waals surface area contributed by atoms with Crippen molar-refractivity contribution in [1.82, 2.24) is 9.99 Å². The van der Waals surface area contributed by atoms with Gasteiger partial charge in [0.15, 0.2) is 0 Å². The summed E-state index contributed by atoms with van der Waals surface area (Å²) in [7, 11) is 1.93. The van der Waals surface area contributed by atoms with Crippen molar-refractivity contribution in [3.05, 3.63) is 45.4 Å². The Kier molecular flexibility index (Phi) is 3.62. The number of carbonyl (C=O) groups is 1. The van der Waals surface area contributed by atoms with Gasteiger partial charge in [-0.15, -0.1) is 11.3 Å². The molecule has 0 fully saturated rings. The van der Waals surface area contributed by atoms with Crippen LogP contribution in [0.25, 0.3) is 0 Å². The highest BCUT2D eigenvalue weighted by Gasteiger charge is 2.11. The Labute approximate surface area is 110 Å². The second-order valence-corrected chi connectivity index (χ2v) is 5.16. The summed E-state index contributed by atoms with van der Waals surface area (Å²) >= 11 is 1.58. The highest BCUT2D eigenvalue weighted by Crippen LogP contribution is 2.20. The summed E-state index contributed by atoms with van der Waals surface area (Å²) in [5.41, 5.74) is 5.20. The quantitative estimate of drug-likeness (QED) is 0.669. The number of thiophene rings is 1. The summed E-state index contributed by atoms with van der Waals surface area (Å²) in [6.45, 7) is 3.95. The number of hydrogen-bond donors (Lipinski definition) is 1. The number of rotatable bonds is 3. The molecule has 2 aromatic heterocycles. The van der Waals surface area contributed by atoms with Crippen LogP contribution in [0.5, 0.6) is 0 Å². The Morgan fingerprint density at radius 1 is 1.50 bits per heavy atom. The molecule has 0 bridgehead atoms. The maximum atomic E-state index is 11.9. The van der Waals surface area contributed by atoms with Crippen molar-refractivity contribution in [2.45, 2.75) is 13.8 Å². The monoisotopic (exact) mass is 261 g/mol. The number of carbonyl (C=O) groups excluding carboxylic acids is 1. The number of aryl methyl sites for hydroxylation is 2. The van der Waals surface area contributed by atoms with E-state index >= 15 is 0 Å². The number of amides is 1. The molecule has 0 unspecified atom stereocenters. The van der Waals surface area contributed by atoms with Crippen LogP contribution in [0.2, 0.25) is 0 Å². The lowest BCUT2D eigenvalue weighted by Gasteiger charge is -1.99. The summed E-state index contributed by atoms with van der Waals surface area (Å²) in [5, 5.41) is 5.82. The molecule has 0 aliphatic carbocycles. The third-order valence-electron chi connectivity index (χ3n) is 2.88. The Morgan fingerprint density at radius 3 is 2.83 bits per heavy atom. The predicted molar refractivity (Wildman–Crippen MR) is 74.3 cm³/mol. The van der Waals surface area contributed by atoms with Crippen LogP contribution in [0.15, 0.2) is 28.8 Å². The lowest BCUT2D eigenvalue weighted by molar-refractivity contribution is 0.0955. The first-order valence-corrected chi connectivity index (χ1v) is 6.47. The van der Waals surface area contributed by atoms with E-state index < -0.39 is 0 Å². The van der Waals surface area contributed by atoms with Crippen molar-refractivity contribution in [2.24, 2.45) is 12.1 Å². The fraction of sp³-hybridized carbons (Fsp3) is 0.231. The Morgan fingerprint density at radius 2 is 2.28 bits per heavy atom. The molecule has 0 atom stereocenters. The number of hydrogen-bond acceptors (Lipinski definition) is 3. The largest absolute Gasteiger partial charge is 0.350 e. The van der Waals surface area contributed by atoms with Gasteiger partial charge in [-0.3, -0.25) is 4.79 Å². The zero-order valence-electron chi connectivity index (χ0n) is 10.6. The lowest BCUT2D eigenvalue weighted by atomic mass is 10.2. The van der Waals surface area contributed by atoms with Crippen LogP contribution >= 0.6 is 11.3 Å². The topological polar surface area (TPSA) is 46.4 Å². The average Bonchev–Trinajstić information content (AvgIpc) is 2.88. The summed E-state index contributed by atoms with van der Waals surface area (Å²) in [6.07, 6.45) is 3.56. The van der Waals surface area contributed by atoms with Gasteiger partial charge in [0.05, 0.1) is 17.5 Å². The van der Waals surface area contributed by atoms with Gasteiger partial charge in [-0.2, -0.15) is 5.10 Å². The third kappa shape index (κ3) is 2.51. The molecule has 2 rings (SSSR count). The number of aromatic nitrogens is 1. The van der Waals surface area contributed by atoms with Crippen LogP contribution in [0.4, 0.5) is 0 Å². The van der Waals surface area contributed by atoms with Crippen molar-refractivity contribution in [3.8, 4) is 0 Å². The van der Waals surface area contributed by atoms with E-state index in [1.165, 1.54) is 0 Å². The van der Waals surface area contributed by atoms with Crippen molar-refractivity contribution in [2.75, 3.05) is 0 Å². The highest BCUT2D eigenvalue weighted by molar-refractivity contribution is 7.10. The first kappa shape index (κ1) is 12.6. The van der Waals surface area contributed by atoms with E-state index in [9.17, 15) is 4.79 Å². The SMILES string of the molecule is Cc1scc(C(=O)N/N=C/c2cccn2C)c1C. The molecule has 0 aromatic carbocycles. The van der Waals surface area contributed by atoms with Gasteiger partial charge in [0, 0.05) is 23.5 Å². The molecule has 0 saturated heterocycles. The molecule has 1 N–H and O–H groups in total. The van der Waals surface area contributed by atoms with E-state index in [1.54, 1.807) is 17.6 Å². The van der Waals surface area contributed by atoms with E-state index in [2.05, 4.69) is 10.5 Å². The van der Waals surface area contributed by atoms with Crippen LogP contribution in [0.3, 0.4) is 0 Å². The standard InChI is InChI=1S/C13H15N3OS/c1-9-10(2)18-8-12(9)13(17)15-14-7-11-5-4-6-16(11)3/h4-8H,1-3H3,(H,15,17)/b14-7+. The van der Waals surface area contributed by atoms with Gasteiger partial charge in [-0.1, -0.05) is 0 Å². The third-order valence-corrected chi connectivity index (χ3v) is 3.89.